The Balaban J connectivity index is 1.75. The summed E-state index contributed by atoms with van der Waals surface area (Å²) in [6.07, 6.45) is 0. The fourth-order valence-corrected chi connectivity index (χ4v) is 3.95. The zero-order valence-electron chi connectivity index (χ0n) is 15.4. The van der Waals surface area contributed by atoms with Gasteiger partial charge in [0.15, 0.2) is 0 Å². The van der Waals surface area contributed by atoms with Crippen LogP contribution in [0.2, 0.25) is 10.0 Å². The van der Waals surface area contributed by atoms with Gasteiger partial charge in [-0.05, 0) is 66.6 Å². The van der Waals surface area contributed by atoms with Crippen LogP contribution in [0.5, 0.6) is 0 Å². The Labute approximate surface area is 179 Å². The summed E-state index contributed by atoms with van der Waals surface area (Å²) in [7, 11) is -3.81. The van der Waals surface area contributed by atoms with Gasteiger partial charge in [0, 0.05) is 22.2 Å². The van der Waals surface area contributed by atoms with E-state index in [9.17, 15) is 13.2 Å². The van der Waals surface area contributed by atoms with Crippen molar-refractivity contribution in [2.45, 2.75) is 18.4 Å². The third-order valence-electron chi connectivity index (χ3n) is 4.23. The summed E-state index contributed by atoms with van der Waals surface area (Å²) in [5.74, 6) is -0.313. The van der Waals surface area contributed by atoms with Gasteiger partial charge in [-0.2, -0.15) is 0 Å². The molecule has 0 unspecified atom stereocenters. The standard InChI is InChI=1S/C21H18Cl2N2O3S/c1-14-2-5-16(21(26)24-13-15-3-6-17(22)7-4-15)12-20(14)25-29(27,28)19-10-8-18(23)9-11-19/h2-12,25H,13H2,1H3,(H,24,26). The monoisotopic (exact) mass is 448 g/mol. The van der Waals surface area contributed by atoms with Crippen LogP contribution in [-0.2, 0) is 16.6 Å². The van der Waals surface area contributed by atoms with Gasteiger partial charge in [0.25, 0.3) is 15.9 Å². The Hall–Kier alpha value is -2.54. The molecule has 5 nitrogen and oxygen atoms in total. The summed E-state index contributed by atoms with van der Waals surface area (Å²) >= 11 is 11.7. The molecule has 0 aliphatic heterocycles. The van der Waals surface area contributed by atoms with E-state index in [1.54, 1.807) is 31.2 Å². The van der Waals surface area contributed by atoms with Crippen molar-refractivity contribution in [3.63, 3.8) is 0 Å². The second-order valence-electron chi connectivity index (χ2n) is 6.40. The van der Waals surface area contributed by atoms with E-state index in [2.05, 4.69) is 10.0 Å². The van der Waals surface area contributed by atoms with Crippen molar-refractivity contribution in [3.05, 3.63) is 93.5 Å². The highest BCUT2D eigenvalue weighted by Crippen LogP contribution is 2.22. The van der Waals surface area contributed by atoms with Crippen molar-refractivity contribution in [2.24, 2.45) is 0 Å². The van der Waals surface area contributed by atoms with Gasteiger partial charge in [0.2, 0.25) is 0 Å². The lowest BCUT2D eigenvalue weighted by atomic mass is 10.1. The molecule has 8 heteroatoms. The molecule has 0 aromatic heterocycles. The maximum Gasteiger partial charge on any atom is 0.261 e. The molecule has 0 bridgehead atoms. The summed E-state index contributed by atoms with van der Waals surface area (Å²) in [5.41, 5.74) is 2.27. The van der Waals surface area contributed by atoms with Crippen LogP contribution < -0.4 is 10.0 Å². The molecule has 3 rings (SSSR count). The van der Waals surface area contributed by atoms with E-state index in [-0.39, 0.29) is 10.8 Å². The highest BCUT2D eigenvalue weighted by Gasteiger charge is 2.16. The number of carbonyl (C=O) groups is 1. The lowest BCUT2D eigenvalue weighted by Crippen LogP contribution is -2.23. The number of anilines is 1. The molecule has 0 fully saturated rings. The van der Waals surface area contributed by atoms with E-state index in [1.165, 1.54) is 30.3 Å². The first-order valence-electron chi connectivity index (χ1n) is 8.66. The Morgan fingerprint density at radius 2 is 1.48 bits per heavy atom. The molecule has 1 amide bonds. The molecule has 0 heterocycles. The van der Waals surface area contributed by atoms with Gasteiger partial charge in [-0.1, -0.05) is 41.4 Å². The molecule has 0 aliphatic rings. The molecule has 0 aliphatic carbocycles. The topological polar surface area (TPSA) is 75.3 Å². The van der Waals surface area contributed by atoms with Crippen LogP contribution in [0, 0.1) is 6.92 Å². The number of nitrogens with one attached hydrogen (secondary N) is 2. The van der Waals surface area contributed by atoms with Crippen LogP contribution in [0.15, 0.2) is 71.6 Å². The minimum Gasteiger partial charge on any atom is -0.348 e. The van der Waals surface area contributed by atoms with E-state index in [0.29, 0.717) is 33.4 Å². The van der Waals surface area contributed by atoms with Gasteiger partial charge < -0.3 is 5.32 Å². The van der Waals surface area contributed by atoms with Crippen molar-refractivity contribution in [1.29, 1.82) is 0 Å². The summed E-state index contributed by atoms with van der Waals surface area (Å²) in [6.45, 7) is 2.09. The van der Waals surface area contributed by atoms with Crippen molar-refractivity contribution in [1.82, 2.24) is 5.32 Å². The molecular formula is C21H18Cl2N2O3S. The molecule has 0 radical (unpaired) electrons. The van der Waals surface area contributed by atoms with Gasteiger partial charge in [-0.25, -0.2) is 8.42 Å². The zero-order chi connectivity index (χ0) is 21.0. The summed E-state index contributed by atoms with van der Waals surface area (Å²) in [4.78, 5) is 12.6. The zero-order valence-corrected chi connectivity index (χ0v) is 17.8. The van der Waals surface area contributed by atoms with Crippen LogP contribution in [0.4, 0.5) is 5.69 Å². The summed E-state index contributed by atoms with van der Waals surface area (Å²) < 4.78 is 27.8. The smallest absolute Gasteiger partial charge is 0.261 e. The molecule has 2 N–H and O–H groups in total. The molecule has 0 saturated carbocycles. The number of amides is 1. The SMILES string of the molecule is Cc1ccc(C(=O)NCc2ccc(Cl)cc2)cc1NS(=O)(=O)c1ccc(Cl)cc1. The molecule has 0 atom stereocenters. The maximum atomic E-state index is 12.6. The number of halogens is 2. The molecule has 0 spiro atoms. The largest absolute Gasteiger partial charge is 0.348 e. The summed E-state index contributed by atoms with van der Waals surface area (Å²) in [5, 5.41) is 3.87. The molecule has 3 aromatic rings. The average molecular weight is 449 g/mol. The van der Waals surface area contributed by atoms with Crippen molar-refractivity contribution >= 4 is 44.8 Å². The third kappa shape index (κ3) is 5.50. The van der Waals surface area contributed by atoms with Crippen LogP contribution in [0.1, 0.15) is 21.5 Å². The van der Waals surface area contributed by atoms with Crippen LogP contribution >= 0.6 is 23.2 Å². The predicted molar refractivity (Wildman–Crippen MR) is 116 cm³/mol. The first kappa shape index (κ1) is 21.2. The molecular weight excluding hydrogens is 431 g/mol. The van der Waals surface area contributed by atoms with Gasteiger partial charge in [-0.3, -0.25) is 9.52 Å². The van der Waals surface area contributed by atoms with E-state index in [4.69, 9.17) is 23.2 Å². The number of carbonyl (C=O) groups excluding carboxylic acids is 1. The number of hydrogen-bond acceptors (Lipinski definition) is 3. The fraction of sp³-hybridized carbons (Fsp3) is 0.0952. The van der Waals surface area contributed by atoms with Crippen molar-refractivity contribution in [3.8, 4) is 0 Å². The lowest BCUT2D eigenvalue weighted by molar-refractivity contribution is 0.0951. The highest BCUT2D eigenvalue weighted by molar-refractivity contribution is 7.92. The highest BCUT2D eigenvalue weighted by atomic mass is 35.5. The number of aryl methyl sites for hydroxylation is 1. The Morgan fingerprint density at radius 3 is 2.10 bits per heavy atom. The van der Waals surface area contributed by atoms with Gasteiger partial charge in [-0.15, -0.1) is 0 Å². The van der Waals surface area contributed by atoms with Gasteiger partial charge in [0.05, 0.1) is 10.6 Å². The van der Waals surface area contributed by atoms with Crippen molar-refractivity contribution < 1.29 is 13.2 Å². The van der Waals surface area contributed by atoms with E-state index in [0.717, 1.165) is 5.56 Å². The molecule has 0 saturated heterocycles. The first-order valence-corrected chi connectivity index (χ1v) is 10.9. The summed E-state index contributed by atoms with van der Waals surface area (Å²) in [6, 6.07) is 17.8. The van der Waals surface area contributed by atoms with E-state index < -0.39 is 10.0 Å². The second kappa shape index (κ2) is 8.86. The van der Waals surface area contributed by atoms with E-state index >= 15 is 0 Å². The fourth-order valence-electron chi connectivity index (χ4n) is 2.58. The number of sulfonamides is 1. The van der Waals surface area contributed by atoms with Gasteiger partial charge in [0.1, 0.15) is 0 Å². The van der Waals surface area contributed by atoms with Crippen LogP contribution in [0.25, 0.3) is 0 Å². The maximum absolute atomic E-state index is 12.6. The predicted octanol–water partition coefficient (Wildman–Crippen LogP) is 5.03. The normalized spacial score (nSPS) is 11.1. The van der Waals surface area contributed by atoms with Crippen molar-refractivity contribution in [2.75, 3.05) is 4.72 Å². The Morgan fingerprint density at radius 1 is 0.897 bits per heavy atom. The third-order valence-corrected chi connectivity index (χ3v) is 6.12. The number of benzene rings is 3. The second-order valence-corrected chi connectivity index (χ2v) is 8.95. The first-order chi connectivity index (χ1) is 13.7. The number of rotatable bonds is 6. The minimum atomic E-state index is -3.81. The Bertz CT molecular complexity index is 1130. The minimum absolute atomic E-state index is 0.0823. The Kier molecular flexibility index (Phi) is 6.47. The van der Waals surface area contributed by atoms with Gasteiger partial charge >= 0.3 is 0 Å². The number of hydrogen-bond donors (Lipinski definition) is 2. The molecule has 3 aromatic carbocycles. The lowest BCUT2D eigenvalue weighted by Gasteiger charge is -2.13. The van der Waals surface area contributed by atoms with E-state index in [1.807, 2.05) is 12.1 Å². The van der Waals surface area contributed by atoms with Crippen LogP contribution in [0.3, 0.4) is 0 Å². The molecule has 150 valence electrons. The van der Waals surface area contributed by atoms with Crippen LogP contribution in [-0.4, -0.2) is 14.3 Å². The molecule has 29 heavy (non-hydrogen) atoms. The average Bonchev–Trinajstić information content (AvgIpc) is 2.69. The quantitative estimate of drug-likeness (QED) is 0.554.